The molecular formula is C33H60NdO6. The fourth-order valence-corrected chi connectivity index (χ4v) is 2.03. The SMILES string of the molecule is CC(C)(C)C(=O)CC(=O)C(C)(C)C.CC(C)(C)C(=O)CC(=O)C(C)(C)C.CC(C)(C)C(=O)CC(=O)C(C)(C)C.[Nd]. The van der Waals surface area contributed by atoms with Crippen LogP contribution >= 0.6 is 0 Å². The van der Waals surface area contributed by atoms with Crippen molar-refractivity contribution in [2.24, 2.45) is 32.5 Å². The first-order valence-corrected chi connectivity index (χ1v) is 13.8. The van der Waals surface area contributed by atoms with Crippen molar-refractivity contribution in [1.29, 1.82) is 0 Å². The number of rotatable bonds is 6. The third kappa shape index (κ3) is 22.0. The van der Waals surface area contributed by atoms with E-state index in [2.05, 4.69) is 0 Å². The minimum absolute atomic E-state index is 0. The molecule has 0 spiro atoms. The van der Waals surface area contributed by atoms with Crippen LogP contribution in [0.4, 0.5) is 0 Å². The number of carbonyl (C=O) groups excluding carboxylic acids is 6. The molecule has 7 heteroatoms. The van der Waals surface area contributed by atoms with Crippen molar-refractivity contribution >= 4 is 34.7 Å². The van der Waals surface area contributed by atoms with Gasteiger partial charge in [0.15, 0.2) is 0 Å². The smallest absolute Gasteiger partial charge is 0.145 e. The average molecular weight is 697 g/mol. The summed E-state index contributed by atoms with van der Waals surface area (Å²) in [6, 6.07) is 0. The second-order valence-corrected chi connectivity index (χ2v) is 16.6. The van der Waals surface area contributed by atoms with E-state index in [0.717, 1.165) is 0 Å². The van der Waals surface area contributed by atoms with Crippen LogP contribution in [0.5, 0.6) is 0 Å². The van der Waals surface area contributed by atoms with Gasteiger partial charge in [0, 0.05) is 73.3 Å². The molecule has 0 N–H and O–H groups in total. The molecule has 0 aliphatic heterocycles. The topological polar surface area (TPSA) is 102 Å². The third-order valence-corrected chi connectivity index (χ3v) is 5.98. The number of hydrogen-bond acceptors (Lipinski definition) is 6. The number of ketones is 6. The van der Waals surface area contributed by atoms with Crippen molar-refractivity contribution < 1.29 is 69.6 Å². The zero-order valence-corrected chi connectivity index (χ0v) is 32.3. The van der Waals surface area contributed by atoms with Crippen molar-refractivity contribution in [2.75, 3.05) is 0 Å². The average Bonchev–Trinajstić information content (AvgIpc) is 2.64. The van der Waals surface area contributed by atoms with Gasteiger partial charge < -0.3 is 0 Å². The molecule has 0 heterocycles. The Morgan fingerprint density at radius 2 is 0.350 bits per heavy atom. The molecule has 0 rings (SSSR count). The normalized spacial score (nSPS) is 12.4. The Labute approximate surface area is 278 Å². The van der Waals surface area contributed by atoms with Crippen molar-refractivity contribution in [3.8, 4) is 0 Å². The van der Waals surface area contributed by atoms with Gasteiger partial charge in [0.1, 0.15) is 34.7 Å². The first-order valence-electron chi connectivity index (χ1n) is 13.8. The molecule has 0 amide bonds. The number of Topliss-reactive ketones (excluding diaryl/α,β-unsaturated/α-hetero) is 6. The Morgan fingerprint density at radius 3 is 0.400 bits per heavy atom. The van der Waals surface area contributed by atoms with E-state index in [1.165, 1.54) is 0 Å². The van der Waals surface area contributed by atoms with Crippen LogP contribution in [0.3, 0.4) is 0 Å². The van der Waals surface area contributed by atoms with E-state index >= 15 is 0 Å². The van der Waals surface area contributed by atoms with Crippen molar-refractivity contribution in [3.05, 3.63) is 0 Å². The van der Waals surface area contributed by atoms with E-state index in [-0.39, 0.29) is 94.8 Å². The molecule has 0 aliphatic rings. The van der Waals surface area contributed by atoms with Gasteiger partial charge in [0.2, 0.25) is 0 Å². The second-order valence-electron chi connectivity index (χ2n) is 16.6. The van der Waals surface area contributed by atoms with Gasteiger partial charge in [-0.15, -0.1) is 0 Å². The maximum absolute atomic E-state index is 11.5. The van der Waals surface area contributed by atoms with Crippen LogP contribution in [0.15, 0.2) is 0 Å². The molecule has 0 aromatic carbocycles. The minimum atomic E-state index is -0.402. The van der Waals surface area contributed by atoms with E-state index in [9.17, 15) is 28.8 Å². The van der Waals surface area contributed by atoms with Gasteiger partial charge in [-0.05, 0) is 0 Å². The Bertz CT molecular complexity index is 693. The molecule has 0 bridgehead atoms. The molecule has 0 aromatic heterocycles. The third-order valence-electron chi connectivity index (χ3n) is 5.98. The Hall–Kier alpha value is -0.629. The van der Waals surface area contributed by atoms with Gasteiger partial charge in [-0.2, -0.15) is 0 Å². The van der Waals surface area contributed by atoms with Crippen LogP contribution in [0.25, 0.3) is 0 Å². The molecule has 232 valence electrons. The molecule has 0 unspecified atom stereocenters. The fraction of sp³-hybridized carbons (Fsp3) is 0.818. The molecule has 0 radical (unpaired) electrons. The van der Waals surface area contributed by atoms with Crippen molar-refractivity contribution in [3.63, 3.8) is 0 Å². The van der Waals surface area contributed by atoms with E-state index in [1.807, 2.05) is 125 Å². The summed E-state index contributed by atoms with van der Waals surface area (Å²) in [5, 5.41) is 0. The van der Waals surface area contributed by atoms with Gasteiger partial charge in [-0.1, -0.05) is 125 Å². The molecule has 6 nitrogen and oxygen atoms in total. The van der Waals surface area contributed by atoms with E-state index in [0.29, 0.717) is 0 Å². The molecular weight excluding hydrogens is 637 g/mol. The minimum Gasteiger partial charge on any atom is -0.299 e. The summed E-state index contributed by atoms with van der Waals surface area (Å²) in [7, 11) is 0. The number of hydrogen-bond donors (Lipinski definition) is 0. The van der Waals surface area contributed by atoms with E-state index in [4.69, 9.17) is 0 Å². The molecule has 0 fully saturated rings. The summed E-state index contributed by atoms with van der Waals surface area (Å²) >= 11 is 0. The van der Waals surface area contributed by atoms with E-state index < -0.39 is 32.5 Å². The second kappa shape index (κ2) is 16.9. The van der Waals surface area contributed by atoms with Gasteiger partial charge in [-0.25, -0.2) is 0 Å². The Morgan fingerprint density at radius 1 is 0.275 bits per heavy atom. The summed E-state index contributed by atoms with van der Waals surface area (Å²) in [4.78, 5) is 69.0. The predicted octanol–water partition coefficient (Wildman–Crippen LogP) is 7.82. The van der Waals surface area contributed by atoms with Crippen molar-refractivity contribution in [2.45, 2.75) is 144 Å². The summed E-state index contributed by atoms with van der Waals surface area (Å²) in [6.45, 7) is 33.1. The van der Waals surface area contributed by atoms with E-state index in [1.54, 1.807) is 0 Å². The fourth-order valence-electron chi connectivity index (χ4n) is 2.03. The zero-order chi connectivity index (χ0) is 32.6. The van der Waals surface area contributed by atoms with Crippen LogP contribution in [0.2, 0.25) is 0 Å². The maximum Gasteiger partial charge on any atom is 0.145 e. The Balaban J connectivity index is -0.000000240. The van der Waals surface area contributed by atoms with Gasteiger partial charge in [-0.3, -0.25) is 28.8 Å². The van der Waals surface area contributed by atoms with Crippen LogP contribution in [-0.2, 0) is 28.8 Å². The zero-order valence-electron chi connectivity index (χ0n) is 29.1. The monoisotopic (exact) mass is 694 g/mol. The molecule has 0 saturated heterocycles. The van der Waals surface area contributed by atoms with Gasteiger partial charge in [0.25, 0.3) is 0 Å². The number of carbonyl (C=O) groups is 6. The van der Waals surface area contributed by atoms with Crippen LogP contribution in [-0.4, -0.2) is 34.7 Å². The Kier molecular flexibility index (Phi) is 19.5. The molecule has 40 heavy (non-hydrogen) atoms. The predicted molar refractivity (Wildman–Crippen MR) is 161 cm³/mol. The first kappa shape index (κ1) is 46.3. The maximum atomic E-state index is 11.5. The standard InChI is InChI=1S/3C11H20O2.Nd/c3*1-10(2,3)8(12)7-9(13)11(4,5)6;/h3*7H2,1-6H3;. The summed E-state index contributed by atoms with van der Waals surface area (Å²) < 4.78 is 0. The van der Waals surface area contributed by atoms with Crippen LogP contribution < -0.4 is 0 Å². The summed E-state index contributed by atoms with van der Waals surface area (Å²) in [5.41, 5.74) is -2.41. The van der Waals surface area contributed by atoms with Gasteiger partial charge in [0.05, 0.1) is 19.3 Å². The van der Waals surface area contributed by atoms with Gasteiger partial charge >= 0.3 is 0 Å². The molecule has 0 saturated carbocycles. The van der Waals surface area contributed by atoms with Crippen LogP contribution in [0.1, 0.15) is 144 Å². The summed E-state index contributed by atoms with van der Waals surface area (Å²) in [6.07, 6.45) is 0.187. The van der Waals surface area contributed by atoms with Crippen LogP contribution in [0, 0.1) is 73.3 Å². The molecule has 0 atom stereocenters. The van der Waals surface area contributed by atoms with Crippen molar-refractivity contribution in [1.82, 2.24) is 0 Å². The largest absolute Gasteiger partial charge is 0.299 e. The molecule has 0 aliphatic carbocycles. The molecule has 0 aromatic rings. The summed E-state index contributed by atoms with van der Waals surface area (Å²) in [5.74, 6) is 0.125. The first-order chi connectivity index (χ1) is 16.6. The quantitative estimate of drug-likeness (QED) is 0.263.